The van der Waals surface area contributed by atoms with Gasteiger partial charge in [-0.25, -0.2) is 4.68 Å². The molecule has 130 valence electrons. The Morgan fingerprint density at radius 3 is 2.40 bits per heavy atom. The minimum Gasteiger partial charge on any atom is -0.476 e. The van der Waals surface area contributed by atoms with E-state index in [0.29, 0.717) is 24.4 Å². The van der Waals surface area contributed by atoms with Gasteiger partial charge in [-0.05, 0) is 38.2 Å². The number of hydrogen-bond donors (Lipinski definition) is 0. The second-order valence-electron chi connectivity index (χ2n) is 6.30. The fourth-order valence-electron chi connectivity index (χ4n) is 2.72. The predicted octanol–water partition coefficient (Wildman–Crippen LogP) is 2.78. The molecule has 3 aromatic rings. The molecule has 1 heterocycles. The fourth-order valence-corrected chi connectivity index (χ4v) is 2.72. The molecular weight excluding hydrogens is 314 g/mol. The molecule has 5 heteroatoms. The molecule has 25 heavy (non-hydrogen) atoms. The zero-order chi connectivity index (χ0) is 17.6. The third kappa shape index (κ3) is 4.25. The molecule has 0 N–H and O–H groups in total. The van der Waals surface area contributed by atoms with E-state index < -0.39 is 0 Å². The van der Waals surface area contributed by atoms with Crippen LogP contribution in [0.4, 0.5) is 0 Å². The highest BCUT2D eigenvalue weighted by Gasteiger charge is 2.11. The van der Waals surface area contributed by atoms with Gasteiger partial charge in [0.1, 0.15) is 0 Å². The number of benzene rings is 2. The first-order valence-electron chi connectivity index (χ1n) is 8.46. The van der Waals surface area contributed by atoms with Crippen molar-refractivity contribution in [2.24, 2.45) is 0 Å². The maximum Gasteiger partial charge on any atom is 0.275 e. The zero-order valence-electron chi connectivity index (χ0n) is 14.7. The van der Waals surface area contributed by atoms with Crippen LogP contribution in [0.3, 0.4) is 0 Å². The first-order valence-corrected chi connectivity index (χ1v) is 8.46. The Hall–Kier alpha value is -2.66. The standard InChI is InChI=1S/C20H23N3O2/c1-22(2)13-8-14-25-19-17-11-6-7-12-18(17)20(24)23(21-19)15-16-9-4-3-5-10-16/h3-7,9-12H,8,13-15H2,1-2H3. The van der Waals surface area contributed by atoms with Crippen molar-refractivity contribution < 1.29 is 4.74 Å². The second kappa shape index (κ2) is 7.94. The van der Waals surface area contributed by atoms with E-state index in [-0.39, 0.29) is 5.56 Å². The van der Waals surface area contributed by atoms with Crippen LogP contribution in [0, 0.1) is 0 Å². The number of fused-ring (bicyclic) bond motifs is 1. The van der Waals surface area contributed by atoms with Gasteiger partial charge in [0.15, 0.2) is 0 Å². The molecule has 0 saturated carbocycles. The van der Waals surface area contributed by atoms with Gasteiger partial charge >= 0.3 is 0 Å². The predicted molar refractivity (Wildman–Crippen MR) is 100 cm³/mol. The molecule has 0 saturated heterocycles. The van der Waals surface area contributed by atoms with Gasteiger partial charge < -0.3 is 9.64 Å². The van der Waals surface area contributed by atoms with E-state index in [0.717, 1.165) is 23.9 Å². The number of hydrogen-bond acceptors (Lipinski definition) is 4. The summed E-state index contributed by atoms with van der Waals surface area (Å²) in [5, 5.41) is 5.88. The minimum absolute atomic E-state index is 0.0971. The van der Waals surface area contributed by atoms with Gasteiger partial charge in [-0.3, -0.25) is 4.79 Å². The number of nitrogens with zero attached hydrogens (tertiary/aromatic N) is 3. The third-order valence-corrected chi connectivity index (χ3v) is 4.00. The van der Waals surface area contributed by atoms with Crippen molar-refractivity contribution in [2.45, 2.75) is 13.0 Å². The average Bonchev–Trinajstić information content (AvgIpc) is 2.63. The number of ether oxygens (including phenoxy) is 1. The van der Waals surface area contributed by atoms with Crippen molar-refractivity contribution in [1.29, 1.82) is 0 Å². The van der Waals surface area contributed by atoms with Gasteiger partial charge in [-0.2, -0.15) is 0 Å². The molecule has 5 nitrogen and oxygen atoms in total. The van der Waals surface area contributed by atoms with Crippen LogP contribution >= 0.6 is 0 Å². The van der Waals surface area contributed by atoms with Crippen LogP contribution < -0.4 is 10.3 Å². The van der Waals surface area contributed by atoms with Crippen molar-refractivity contribution in [2.75, 3.05) is 27.2 Å². The number of rotatable bonds is 7. The summed E-state index contributed by atoms with van der Waals surface area (Å²) in [7, 11) is 4.07. The lowest BCUT2D eigenvalue weighted by atomic mass is 10.2. The lowest BCUT2D eigenvalue weighted by Crippen LogP contribution is -2.25. The summed E-state index contributed by atoms with van der Waals surface area (Å²) in [6.45, 7) is 1.94. The molecule has 2 aromatic carbocycles. The summed E-state index contributed by atoms with van der Waals surface area (Å²) in [5.74, 6) is 0.518. The van der Waals surface area contributed by atoms with Crippen molar-refractivity contribution in [3.8, 4) is 5.88 Å². The minimum atomic E-state index is -0.0971. The molecule has 1 aromatic heterocycles. The Morgan fingerprint density at radius 2 is 1.68 bits per heavy atom. The van der Waals surface area contributed by atoms with Crippen molar-refractivity contribution in [3.63, 3.8) is 0 Å². The van der Waals surface area contributed by atoms with E-state index in [1.54, 1.807) is 0 Å². The highest BCUT2D eigenvalue weighted by molar-refractivity contribution is 5.85. The fraction of sp³-hybridized carbons (Fsp3) is 0.300. The molecule has 0 bridgehead atoms. The lowest BCUT2D eigenvalue weighted by Gasteiger charge is -2.13. The van der Waals surface area contributed by atoms with Gasteiger partial charge in [-0.1, -0.05) is 42.5 Å². The molecule has 0 spiro atoms. The smallest absolute Gasteiger partial charge is 0.275 e. The summed E-state index contributed by atoms with van der Waals surface area (Å²) in [5.41, 5.74) is 0.936. The van der Waals surface area contributed by atoms with Gasteiger partial charge in [-0.15, -0.1) is 5.10 Å². The summed E-state index contributed by atoms with van der Waals surface area (Å²) >= 11 is 0. The van der Waals surface area contributed by atoms with Crippen molar-refractivity contribution in [3.05, 3.63) is 70.5 Å². The van der Waals surface area contributed by atoms with E-state index in [1.165, 1.54) is 4.68 Å². The summed E-state index contributed by atoms with van der Waals surface area (Å²) < 4.78 is 7.39. The molecule has 0 radical (unpaired) electrons. The molecule has 0 unspecified atom stereocenters. The van der Waals surface area contributed by atoms with E-state index >= 15 is 0 Å². The maximum absolute atomic E-state index is 12.7. The summed E-state index contributed by atoms with van der Waals surface area (Å²) in [6.07, 6.45) is 0.904. The van der Waals surface area contributed by atoms with Crippen molar-refractivity contribution in [1.82, 2.24) is 14.7 Å². The molecule has 0 aliphatic carbocycles. The Morgan fingerprint density at radius 1 is 1.00 bits per heavy atom. The van der Waals surface area contributed by atoms with E-state index in [2.05, 4.69) is 10.00 Å². The van der Waals surface area contributed by atoms with Crippen LogP contribution in [0.1, 0.15) is 12.0 Å². The van der Waals surface area contributed by atoms with Crippen LogP contribution in [-0.2, 0) is 6.54 Å². The van der Waals surface area contributed by atoms with Gasteiger partial charge in [0.25, 0.3) is 5.56 Å². The van der Waals surface area contributed by atoms with E-state index in [4.69, 9.17) is 4.74 Å². The topological polar surface area (TPSA) is 47.4 Å². The van der Waals surface area contributed by atoms with Crippen LogP contribution in [0.15, 0.2) is 59.4 Å². The largest absolute Gasteiger partial charge is 0.476 e. The molecule has 0 amide bonds. The SMILES string of the molecule is CN(C)CCCOc1nn(Cc2ccccc2)c(=O)c2ccccc12. The van der Waals surface area contributed by atoms with Crippen LogP contribution in [0.5, 0.6) is 5.88 Å². The molecular formula is C20H23N3O2. The summed E-state index contributed by atoms with van der Waals surface area (Å²) in [4.78, 5) is 14.9. The van der Waals surface area contributed by atoms with Gasteiger partial charge in [0.05, 0.1) is 23.9 Å². The molecule has 0 atom stereocenters. The molecule has 3 rings (SSSR count). The third-order valence-electron chi connectivity index (χ3n) is 4.00. The van der Waals surface area contributed by atoms with Crippen LogP contribution in [0.2, 0.25) is 0 Å². The monoisotopic (exact) mass is 337 g/mol. The molecule has 0 fully saturated rings. The highest BCUT2D eigenvalue weighted by Crippen LogP contribution is 2.20. The first kappa shape index (κ1) is 17.2. The van der Waals surface area contributed by atoms with E-state index in [1.807, 2.05) is 68.7 Å². The van der Waals surface area contributed by atoms with Crippen LogP contribution in [-0.4, -0.2) is 41.9 Å². The molecule has 0 aliphatic rings. The maximum atomic E-state index is 12.7. The van der Waals surface area contributed by atoms with Gasteiger partial charge in [0, 0.05) is 6.54 Å². The highest BCUT2D eigenvalue weighted by atomic mass is 16.5. The summed E-state index contributed by atoms with van der Waals surface area (Å²) in [6, 6.07) is 17.3. The Balaban J connectivity index is 1.92. The van der Waals surface area contributed by atoms with Crippen LogP contribution in [0.25, 0.3) is 10.8 Å². The quantitative estimate of drug-likeness (QED) is 0.622. The second-order valence-corrected chi connectivity index (χ2v) is 6.30. The zero-order valence-corrected chi connectivity index (χ0v) is 14.7. The Labute approximate surface area is 147 Å². The first-order chi connectivity index (χ1) is 12.1. The van der Waals surface area contributed by atoms with E-state index in [9.17, 15) is 4.79 Å². The number of aromatic nitrogens is 2. The average molecular weight is 337 g/mol. The van der Waals surface area contributed by atoms with Crippen molar-refractivity contribution >= 4 is 10.8 Å². The Kier molecular flexibility index (Phi) is 5.46. The molecule has 0 aliphatic heterocycles. The Bertz CT molecular complexity index is 888. The van der Waals surface area contributed by atoms with Gasteiger partial charge in [0.2, 0.25) is 5.88 Å². The lowest BCUT2D eigenvalue weighted by molar-refractivity contribution is 0.270. The normalized spacial score (nSPS) is 11.2.